The fraction of sp³-hybridized carbons (Fsp3) is 0.622. The SMILES string of the molecule is Cc1cc(C)cc(-c2[nH]c3sc(C(C)(C)C(=O)N4C5CCC4CC5)cc3c2CCN2CCC(NC(=O)N3C[C@@H]4OCO[C@@H]4C3)CC2)c1. The van der Waals surface area contributed by atoms with Crippen LogP contribution in [0.5, 0.6) is 0 Å². The van der Waals surface area contributed by atoms with Crippen LogP contribution in [0.3, 0.4) is 0 Å². The Labute approximate surface area is 281 Å². The predicted octanol–water partition coefficient (Wildman–Crippen LogP) is 5.72. The number of nitrogens with one attached hydrogen (secondary N) is 2. The lowest BCUT2D eigenvalue weighted by Crippen LogP contribution is -2.49. The average molecular weight is 660 g/mol. The molecular weight excluding hydrogens is 611 g/mol. The summed E-state index contributed by atoms with van der Waals surface area (Å²) >= 11 is 1.76. The molecule has 3 aromatic rings. The van der Waals surface area contributed by atoms with Crippen molar-refractivity contribution in [2.24, 2.45) is 0 Å². The molecular formula is C37H49N5O4S. The number of aromatic amines is 1. The number of fused-ring (bicyclic) bond motifs is 4. The zero-order valence-electron chi connectivity index (χ0n) is 28.3. The number of rotatable bonds is 7. The molecule has 0 unspecified atom stereocenters. The van der Waals surface area contributed by atoms with Crippen molar-refractivity contribution in [3.8, 4) is 11.3 Å². The van der Waals surface area contributed by atoms with Gasteiger partial charge in [-0.25, -0.2) is 4.79 Å². The zero-order chi connectivity index (χ0) is 32.4. The summed E-state index contributed by atoms with van der Waals surface area (Å²) in [5.74, 6) is 0.298. The number of amides is 3. The fourth-order valence-corrected chi connectivity index (χ4v) is 10.1. The van der Waals surface area contributed by atoms with Gasteiger partial charge in [0.05, 0.1) is 24.2 Å². The van der Waals surface area contributed by atoms with Crippen LogP contribution >= 0.6 is 11.3 Å². The summed E-state index contributed by atoms with van der Waals surface area (Å²) in [5, 5.41) is 4.53. The minimum Gasteiger partial charge on any atom is -0.348 e. The van der Waals surface area contributed by atoms with Gasteiger partial charge in [0, 0.05) is 48.0 Å². The van der Waals surface area contributed by atoms with Gasteiger partial charge in [0.25, 0.3) is 0 Å². The molecule has 10 heteroatoms. The summed E-state index contributed by atoms with van der Waals surface area (Å²) in [7, 11) is 0. The Balaban J connectivity index is 0.975. The number of piperidine rings is 1. The molecule has 9 nitrogen and oxygen atoms in total. The van der Waals surface area contributed by atoms with Crippen LogP contribution in [0, 0.1) is 13.8 Å². The molecule has 5 saturated heterocycles. The first-order valence-corrected chi connectivity index (χ1v) is 18.5. The minimum absolute atomic E-state index is 0.00454. The van der Waals surface area contributed by atoms with Gasteiger partial charge in [0.2, 0.25) is 5.91 Å². The Kier molecular flexibility index (Phi) is 8.14. The summed E-state index contributed by atoms with van der Waals surface area (Å²) in [6.07, 6.45) is 7.50. The molecule has 0 radical (unpaired) electrons. The highest BCUT2D eigenvalue weighted by molar-refractivity contribution is 7.19. The Morgan fingerprint density at radius 1 is 0.936 bits per heavy atom. The number of likely N-dealkylation sites (tertiary alicyclic amines) is 2. The van der Waals surface area contributed by atoms with Crippen molar-refractivity contribution in [3.63, 3.8) is 0 Å². The fourth-order valence-electron chi connectivity index (χ4n) is 8.92. The van der Waals surface area contributed by atoms with Crippen molar-refractivity contribution < 1.29 is 19.1 Å². The van der Waals surface area contributed by atoms with E-state index in [1.54, 1.807) is 11.3 Å². The van der Waals surface area contributed by atoms with Crippen LogP contribution in [-0.4, -0.2) is 101 Å². The largest absolute Gasteiger partial charge is 0.348 e. The van der Waals surface area contributed by atoms with Crippen molar-refractivity contribution in [3.05, 3.63) is 45.8 Å². The molecule has 8 rings (SSSR count). The lowest BCUT2D eigenvalue weighted by Gasteiger charge is -2.33. The highest BCUT2D eigenvalue weighted by Gasteiger charge is 2.47. The second-order valence-electron chi connectivity index (χ2n) is 15.3. The van der Waals surface area contributed by atoms with E-state index in [2.05, 4.69) is 72.1 Å². The number of aromatic nitrogens is 1. The quantitative estimate of drug-likeness (QED) is 0.339. The first-order chi connectivity index (χ1) is 22.6. The predicted molar refractivity (Wildman–Crippen MR) is 185 cm³/mol. The zero-order valence-corrected chi connectivity index (χ0v) is 29.1. The van der Waals surface area contributed by atoms with Crippen LogP contribution in [0.2, 0.25) is 0 Å². The van der Waals surface area contributed by atoms with Crippen LogP contribution in [-0.2, 0) is 26.1 Å². The van der Waals surface area contributed by atoms with Crippen LogP contribution in [0.1, 0.15) is 73.9 Å². The van der Waals surface area contributed by atoms with Crippen molar-refractivity contribution >= 4 is 33.5 Å². The normalized spacial score (nSPS) is 26.6. The Morgan fingerprint density at radius 2 is 1.57 bits per heavy atom. The van der Waals surface area contributed by atoms with Crippen LogP contribution in [0.15, 0.2) is 24.3 Å². The summed E-state index contributed by atoms with van der Waals surface area (Å²) in [5.41, 5.74) is 5.76. The van der Waals surface area contributed by atoms with E-state index in [1.807, 2.05) is 4.90 Å². The molecule has 2 N–H and O–H groups in total. The van der Waals surface area contributed by atoms with E-state index < -0.39 is 5.41 Å². The van der Waals surface area contributed by atoms with Crippen LogP contribution in [0.4, 0.5) is 4.79 Å². The molecule has 0 spiro atoms. The number of thiophene rings is 1. The first kappa shape index (κ1) is 31.4. The standard InChI is InChI=1S/C37H49N5O4S/c1-22-15-23(2)17-24(16-22)33-28(11-14-40-12-9-25(10-13-40)38-36(44)41-19-30-31(20-41)46-21-45-30)29-18-32(47-34(29)39-33)37(3,4)35(43)42-26-5-6-27(42)8-7-26/h15-18,25-27,30-31,39H,5-14,19-21H2,1-4H3,(H,38,44)/t26?,27?,30-,31+. The van der Waals surface area contributed by atoms with E-state index >= 15 is 0 Å². The molecule has 1 aromatic carbocycles. The molecule has 5 fully saturated rings. The van der Waals surface area contributed by atoms with Gasteiger partial charge in [0.1, 0.15) is 23.8 Å². The summed E-state index contributed by atoms with van der Waals surface area (Å²) in [6.45, 7) is 13.0. The maximum atomic E-state index is 14.0. The van der Waals surface area contributed by atoms with Crippen molar-refractivity contribution in [1.29, 1.82) is 0 Å². The van der Waals surface area contributed by atoms with Gasteiger partial charge >= 0.3 is 6.03 Å². The summed E-state index contributed by atoms with van der Waals surface area (Å²) < 4.78 is 11.2. The van der Waals surface area contributed by atoms with E-state index in [-0.39, 0.29) is 24.3 Å². The number of hydrogen-bond donors (Lipinski definition) is 2. The van der Waals surface area contributed by atoms with Gasteiger partial charge in [0.15, 0.2) is 0 Å². The highest BCUT2D eigenvalue weighted by Crippen LogP contribution is 2.44. The molecule has 47 heavy (non-hydrogen) atoms. The number of carbonyl (C=O) groups is 2. The van der Waals surface area contributed by atoms with Crippen molar-refractivity contribution in [1.82, 2.24) is 25.0 Å². The smallest absolute Gasteiger partial charge is 0.317 e. The van der Waals surface area contributed by atoms with E-state index in [4.69, 9.17) is 9.47 Å². The number of aryl methyl sites for hydroxylation is 2. The molecule has 2 bridgehead atoms. The van der Waals surface area contributed by atoms with Gasteiger partial charge in [-0.2, -0.15) is 0 Å². The lowest BCUT2D eigenvalue weighted by molar-refractivity contribution is -0.137. The van der Waals surface area contributed by atoms with E-state index in [1.165, 1.54) is 33.3 Å². The van der Waals surface area contributed by atoms with Crippen LogP contribution < -0.4 is 5.32 Å². The summed E-state index contributed by atoms with van der Waals surface area (Å²) in [6, 6.07) is 10.2. The number of carbonyl (C=O) groups excluding carboxylic acids is 2. The van der Waals surface area contributed by atoms with Gasteiger partial charge < -0.3 is 34.5 Å². The first-order valence-electron chi connectivity index (χ1n) is 17.7. The molecule has 3 amide bonds. The highest BCUT2D eigenvalue weighted by atomic mass is 32.1. The second kappa shape index (κ2) is 12.2. The maximum absolute atomic E-state index is 14.0. The third-order valence-corrected chi connectivity index (χ3v) is 13.0. The molecule has 0 saturated carbocycles. The Morgan fingerprint density at radius 3 is 2.21 bits per heavy atom. The monoisotopic (exact) mass is 659 g/mol. The third-order valence-electron chi connectivity index (χ3n) is 11.6. The van der Waals surface area contributed by atoms with Crippen molar-refractivity contribution in [2.75, 3.05) is 39.5 Å². The average Bonchev–Trinajstić information content (AvgIpc) is 3.88. The van der Waals surface area contributed by atoms with E-state index in [9.17, 15) is 9.59 Å². The molecule has 252 valence electrons. The number of hydrogen-bond acceptors (Lipinski definition) is 6. The maximum Gasteiger partial charge on any atom is 0.317 e. The molecule has 2 atom stereocenters. The number of urea groups is 1. The van der Waals surface area contributed by atoms with Gasteiger partial charge in [-0.15, -0.1) is 11.3 Å². The van der Waals surface area contributed by atoms with Gasteiger partial charge in [-0.05, 0) is 102 Å². The molecule has 5 aliphatic rings. The number of H-pyrrole nitrogens is 1. The molecule has 2 aromatic heterocycles. The molecule has 5 aliphatic heterocycles. The topological polar surface area (TPSA) is 90.1 Å². The van der Waals surface area contributed by atoms with E-state index in [0.29, 0.717) is 37.9 Å². The van der Waals surface area contributed by atoms with Crippen molar-refractivity contribution in [2.45, 2.75) is 108 Å². The van der Waals surface area contributed by atoms with E-state index in [0.717, 1.165) is 74.3 Å². The Hall–Kier alpha value is -2.92. The molecule has 7 heterocycles. The summed E-state index contributed by atoms with van der Waals surface area (Å²) in [4.78, 5) is 39.7. The number of benzene rings is 1. The van der Waals surface area contributed by atoms with Gasteiger partial charge in [-0.3, -0.25) is 4.79 Å². The minimum atomic E-state index is -0.548. The number of ether oxygens (including phenoxy) is 2. The molecule has 0 aliphatic carbocycles. The third kappa shape index (κ3) is 5.79. The second-order valence-corrected chi connectivity index (χ2v) is 16.3. The Bertz CT molecular complexity index is 1620. The number of nitrogens with zero attached hydrogens (tertiary/aromatic N) is 3. The lowest BCUT2D eigenvalue weighted by atomic mass is 9.88. The van der Waals surface area contributed by atoms with Gasteiger partial charge in [-0.1, -0.05) is 17.2 Å². The van der Waals surface area contributed by atoms with Crippen LogP contribution in [0.25, 0.3) is 21.5 Å².